The molecule has 0 aliphatic heterocycles. The number of carbonyl (C=O) groups excluding carboxylic acids is 1. The highest BCUT2D eigenvalue weighted by atomic mass is 32.2. The summed E-state index contributed by atoms with van der Waals surface area (Å²) in [5.74, 6) is 1.20. The lowest BCUT2D eigenvalue weighted by atomic mass is 10.2. The van der Waals surface area contributed by atoms with E-state index in [2.05, 4.69) is 15.0 Å². The van der Waals surface area contributed by atoms with E-state index in [1.54, 1.807) is 49.6 Å². The van der Waals surface area contributed by atoms with Crippen molar-refractivity contribution in [1.29, 1.82) is 0 Å². The summed E-state index contributed by atoms with van der Waals surface area (Å²) in [5, 5.41) is 0.327. The van der Waals surface area contributed by atoms with Crippen molar-refractivity contribution in [1.82, 2.24) is 15.0 Å². The molecule has 1 atom stereocenters. The molecule has 0 aliphatic rings. The van der Waals surface area contributed by atoms with Crippen LogP contribution in [0.15, 0.2) is 53.7 Å². The SMILES string of the molecule is CCOc1ccccc1C(=O)Oc1ccc2[nH]c([S+]([O-])Cc3cc(C)c(OC)c(C)n3)nc2c1. The molecule has 0 spiro atoms. The van der Waals surface area contributed by atoms with Gasteiger partial charge in [-0.15, -0.1) is 0 Å². The molecule has 8 nitrogen and oxygen atoms in total. The van der Waals surface area contributed by atoms with Crippen LogP contribution in [-0.2, 0) is 16.9 Å². The Bertz CT molecular complexity index is 1310. The largest absolute Gasteiger partial charge is 0.609 e. The van der Waals surface area contributed by atoms with Gasteiger partial charge in [-0.25, -0.2) is 9.78 Å². The number of esters is 1. The van der Waals surface area contributed by atoms with Crippen LogP contribution in [0, 0.1) is 13.8 Å². The molecule has 0 saturated heterocycles. The summed E-state index contributed by atoms with van der Waals surface area (Å²) in [6.45, 7) is 6.07. The molecule has 2 heterocycles. The summed E-state index contributed by atoms with van der Waals surface area (Å²) >= 11 is -1.44. The van der Waals surface area contributed by atoms with Gasteiger partial charge in [0.1, 0.15) is 22.8 Å². The Balaban J connectivity index is 1.52. The molecule has 4 rings (SSSR count). The summed E-state index contributed by atoms with van der Waals surface area (Å²) in [4.78, 5) is 24.7. The van der Waals surface area contributed by atoms with Gasteiger partial charge in [-0.2, -0.15) is 4.98 Å². The fraction of sp³-hybridized carbons (Fsp3) is 0.240. The predicted octanol–water partition coefficient (Wildman–Crippen LogP) is 4.51. The monoisotopic (exact) mass is 479 g/mol. The number of nitrogens with zero attached hydrogens (tertiary/aromatic N) is 2. The van der Waals surface area contributed by atoms with Gasteiger partial charge in [0.2, 0.25) is 0 Å². The zero-order chi connectivity index (χ0) is 24.2. The molecule has 2 aromatic heterocycles. The third-order valence-corrected chi connectivity index (χ3v) is 6.31. The van der Waals surface area contributed by atoms with Crippen LogP contribution in [0.4, 0.5) is 0 Å². The Labute approximate surface area is 200 Å². The highest BCUT2D eigenvalue weighted by molar-refractivity contribution is 7.90. The zero-order valence-electron chi connectivity index (χ0n) is 19.4. The molecular formula is C25H25N3O5S. The van der Waals surface area contributed by atoms with Gasteiger partial charge in [0.15, 0.2) is 5.75 Å². The maximum Gasteiger partial charge on any atom is 0.347 e. The Morgan fingerprint density at radius 1 is 1.12 bits per heavy atom. The molecule has 1 unspecified atom stereocenters. The van der Waals surface area contributed by atoms with E-state index in [-0.39, 0.29) is 5.75 Å². The normalized spacial score (nSPS) is 11.9. The van der Waals surface area contributed by atoms with E-state index < -0.39 is 17.1 Å². The van der Waals surface area contributed by atoms with E-state index in [0.29, 0.717) is 45.6 Å². The number of benzene rings is 2. The number of aryl methyl sites for hydroxylation is 2. The Hall–Kier alpha value is -3.56. The van der Waals surface area contributed by atoms with Crippen molar-refractivity contribution in [2.45, 2.75) is 31.7 Å². The van der Waals surface area contributed by atoms with Gasteiger partial charge in [-0.1, -0.05) is 12.1 Å². The molecule has 0 amide bonds. The van der Waals surface area contributed by atoms with Crippen molar-refractivity contribution in [2.75, 3.05) is 13.7 Å². The van der Waals surface area contributed by atoms with Crippen LogP contribution in [-0.4, -0.2) is 39.2 Å². The summed E-state index contributed by atoms with van der Waals surface area (Å²) in [7, 11) is 1.60. The van der Waals surface area contributed by atoms with Crippen molar-refractivity contribution in [2.24, 2.45) is 0 Å². The standard InChI is InChI=1S/C25H25N3O5S/c1-5-32-22-9-7-6-8-19(22)24(29)33-18-10-11-20-21(13-18)28-25(27-20)34(30)14-17-12-15(2)23(31-4)16(3)26-17/h6-13H,5,14H2,1-4H3,(H,27,28). The number of pyridine rings is 1. The maximum atomic E-state index is 13.0. The number of methoxy groups -OCH3 is 1. The van der Waals surface area contributed by atoms with E-state index in [4.69, 9.17) is 14.2 Å². The van der Waals surface area contributed by atoms with Crippen LogP contribution in [0.25, 0.3) is 11.0 Å². The van der Waals surface area contributed by atoms with Crippen LogP contribution < -0.4 is 14.2 Å². The smallest absolute Gasteiger partial charge is 0.347 e. The first-order valence-corrected chi connectivity index (χ1v) is 12.0. The Morgan fingerprint density at radius 2 is 1.91 bits per heavy atom. The summed E-state index contributed by atoms with van der Waals surface area (Å²) in [6, 6.07) is 13.8. The number of fused-ring (bicyclic) bond motifs is 1. The minimum atomic E-state index is -1.44. The Kier molecular flexibility index (Phi) is 7.04. The van der Waals surface area contributed by atoms with Gasteiger partial charge in [-0.05, 0) is 56.7 Å². The minimum Gasteiger partial charge on any atom is -0.609 e. The number of hydrogen-bond donors (Lipinski definition) is 1. The number of aromatic nitrogens is 3. The van der Waals surface area contributed by atoms with E-state index in [1.807, 2.05) is 26.8 Å². The lowest BCUT2D eigenvalue weighted by Gasteiger charge is -2.11. The second-order valence-corrected chi connectivity index (χ2v) is 8.95. The Morgan fingerprint density at radius 3 is 2.65 bits per heavy atom. The number of carbonyl (C=O) groups is 1. The molecule has 0 radical (unpaired) electrons. The number of aromatic amines is 1. The fourth-order valence-electron chi connectivity index (χ4n) is 3.70. The predicted molar refractivity (Wildman–Crippen MR) is 129 cm³/mol. The van der Waals surface area contributed by atoms with Crippen molar-refractivity contribution >= 4 is 28.2 Å². The third kappa shape index (κ3) is 5.00. The van der Waals surface area contributed by atoms with Crippen LogP contribution in [0.1, 0.15) is 34.2 Å². The van der Waals surface area contributed by atoms with Crippen LogP contribution in [0.5, 0.6) is 17.2 Å². The lowest BCUT2D eigenvalue weighted by molar-refractivity contribution is 0.0730. The van der Waals surface area contributed by atoms with E-state index in [9.17, 15) is 9.35 Å². The molecule has 176 valence electrons. The lowest BCUT2D eigenvalue weighted by Crippen LogP contribution is -2.10. The number of ether oxygens (including phenoxy) is 3. The molecule has 4 aromatic rings. The number of H-pyrrole nitrogens is 1. The number of imidazole rings is 1. The van der Waals surface area contributed by atoms with Gasteiger partial charge in [0, 0.05) is 17.2 Å². The topological polar surface area (TPSA) is 109 Å². The van der Waals surface area contributed by atoms with Gasteiger partial charge in [0.25, 0.3) is 0 Å². The van der Waals surface area contributed by atoms with Gasteiger partial charge in [0.05, 0.1) is 36.1 Å². The number of nitrogens with one attached hydrogen (secondary N) is 1. The summed E-state index contributed by atoms with van der Waals surface area (Å²) < 4.78 is 29.3. The molecule has 9 heteroatoms. The minimum absolute atomic E-state index is 0.210. The van der Waals surface area contributed by atoms with Crippen LogP contribution in [0.3, 0.4) is 0 Å². The van der Waals surface area contributed by atoms with Crippen LogP contribution >= 0.6 is 0 Å². The van der Waals surface area contributed by atoms with Crippen molar-refractivity contribution in [3.63, 3.8) is 0 Å². The van der Waals surface area contributed by atoms with Crippen LogP contribution in [0.2, 0.25) is 0 Å². The first kappa shape index (κ1) is 23.6. The zero-order valence-corrected chi connectivity index (χ0v) is 20.2. The van der Waals surface area contributed by atoms with E-state index in [0.717, 1.165) is 17.0 Å². The second kappa shape index (κ2) is 10.1. The molecule has 1 N–H and O–H groups in total. The average molecular weight is 480 g/mol. The number of rotatable bonds is 8. The highest BCUT2D eigenvalue weighted by Crippen LogP contribution is 2.26. The second-order valence-electron chi connectivity index (χ2n) is 7.58. The number of para-hydroxylation sites is 1. The molecular weight excluding hydrogens is 454 g/mol. The molecule has 0 fully saturated rings. The van der Waals surface area contributed by atoms with Gasteiger partial charge in [-0.3, -0.25) is 4.98 Å². The first-order valence-electron chi connectivity index (χ1n) is 10.7. The molecule has 0 aliphatic carbocycles. The molecule has 2 aromatic carbocycles. The van der Waals surface area contributed by atoms with Gasteiger partial charge < -0.3 is 18.8 Å². The average Bonchev–Trinajstić information content (AvgIpc) is 3.23. The molecule has 34 heavy (non-hydrogen) atoms. The fourth-order valence-corrected chi connectivity index (χ4v) is 4.67. The maximum absolute atomic E-state index is 13.0. The van der Waals surface area contributed by atoms with Gasteiger partial charge >= 0.3 is 11.1 Å². The molecule has 0 bridgehead atoms. The quantitative estimate of drug-likeness (QED) is 0.225. The summed E-state index contributed by atoms with van der Waals surface area (Å²) in [6.07, 6.45) is 0. The highest BCUT2D eigenvalue weighted by Gasteiger charge is 2.20. The van der Waals surface area contributed by atoms with Crippen molar-refractivity contribution in [3.05, 3.63) is 71.0 Å². The first-order chi connectivity index (χ1) is 16.4. The van der Waals surface area contributed by atoms with E-state index >= 15 is 0 Å². The third-order valence-electron chi connectivity index (χ3n) is 5.13. The van der Waals surface area contributed by atoms with E-state index in [1.165, 1.54) is 0 Å². The van der Waals surface area contributed by atoms with Crippen molar-refractivity contribution in [3.8, 4) is 17.2 Å². The van der Waals surface area contributed by atoms with Crippen molar-refractivity contribution < 1.29 is 23.6 Å². The number of hydrogen-bond acceptors (Lipinski definition) is 7. The summed E-state index contributed by atoms with van der Waals surface area (Å²) in [5.41, 5.74) is 3.94. The molecule has 0 saturated carbocycles.